The first kappa shape index (κ1) is 10.8. The molecule has 2 aromatic rings. The minimum atomic E-state index is -0.368. The summed E-state index contributed by atoms with van der Waals surface area (Å²) in [7, 11) is 0. The maximum atomic E-state index is 10.1. The zero-order valence-electron chi connectivity index (χ0n) is 9.31. The van der Waals surface area contributed by atoms with Crippen LogP contribution in [0.25, 0.3) is 0 Å². The number of benzene rings is 2. The topological polar surface area (TPSA) is 20.2 Å². The van der Waals surface area contributed by atoms with Gasteiger partial charge in [0.1, 0.15) is 0 Å². The molecule has 0 spiro atoms. The van der Waals surface area contributed by atoms with Gasteiger partial charge in [-0.25, -0.2) is 0 Å². The van der Waals surface area contributed by atoms with E-state index in [2.05, 4.69) is 12.1 Å². The molecule has 2 aromatic carbocycles. The van der Waals surface area contributed by atoms with Gasteiger partial charge in [-0.05, 0) is 35.2 Å². The van der Waals surface area contributed by atoms with Gasteiger partial charge >= 0.3 is 0 Å². The molecular weight excluding hydrogens is 232 g/mol. The van der Waals surface area contributed by atoms with E-state index in [1.165, 1.54) is 5.56 Å². The molecule has 1 aliphatic carbocycles. The molecule has 0 fully saturated rings. The molecule has 0 bridgehead atoms. The van der Waals surface area contributed by atoms with Crippen LogP contribution in [-0.2, 0) is 0 Å². The predicted molar refractivity (Wildman–Crippen MR) is 69.3 cm³/mol. The lowest BCUT2D eigenvalue weighted by molar-refractivity contribution is 0.176. The van der Waals surface area contributed by atoms with Crippen LogP contribution in [-0.4, -0.2) is 5.11 Å². The average Bonchev–Trinajstić information content (AvgIpc) is 2.67. The molecule has 1 aliphatic rings. The van der Waals surface area contributed by atoms with E-state index in [1.54, 1.807) is 0 Å². The molecule has 86 valence electrons. The molecule has 0 amide bonds. The Bertz CT molecular complexity index is 536. The van der Waals surface area contributed by atoms with Crippen LogP contribution in [0.5, 0.6) is 0 Å². The van der Waals surface area contributed by atoms with E-state index < -0.39 is 0 Å². The average molecular weight is 245 g/mol. The maximum Gasteiger partial charge on any atom is 0.0802 e. The molecule has 2 heteroatoms. The van der Waals surface area contributed by atoms with Crippen molar-refractivity contribution < 1.29 is 5.11 Å². The fraction of sp³-hybridized carbons (Fsp3) is 0.200. The van der Waals surface area contributed by atoms with Crippen LogP contribution in [0.1, 0.15) is 35.1 Å². The van der Waals surface area contributed by atoms with Gasteiger partial charge in [0, 0.05) is 10.9 Å². The number of rotatable bonds is 1. The molecular formula is C15H13ClO. The molecule has 2 atom stereocenters. The second-order valence-electron chi connectivity index (χ2n) is 4.49. The summed E-state index contributed by atoms with van der Waals surface area (Å²) in [6, 6.07) is 16.0. The number of hydrogen-bond donors (Lipinski definition) is 1. The van der Waals surface area contributed by atoms with Gasteiger partial charge < -0.3 is 5.11 Å². The van der Waals surface area contributed by atoms with Crippen molar-refractivity contribution in [3.8, 4) is 0 Å². The molecule has 0 saturated carbocycles. The lowest BCUT2D eigenvalue weighted by atomic mass is 9.93. The fourth-order valence-corrected chi connectivity index (χ4v) is 2.81. The van der Waals surface area contributed by atoms with Gasteiger partial charge in [0.25, 0.3) is 0 Å². The number of aliphatic hydroxyl groups excluding tert-OH is 1. The first-order chi connectivity index (χ1) is 8.25. The SMILES string of the molecule is O[C@@H]1C[C@@H](c2ccccc2)c2cc(Cl)ccc21. The van der Waals surface area contributed by atoms with Crippen molar-refractivity contribution in [1.82, 2.24) is 0 Å². The van der Waals surface area contributed by atoms with Crippen molar-refractivity contribution in [3.05, 3.63) is 70.2 Å². The Balaban J connectivity index is 2.09. The molecule has 1 nitrogen and oxygen atoms in total. The summed E-state index contributed by atoms with van der Waals surface area (Å²) in [4.78, 5) is 0. The Labute approximate surface area is 106 Å². The third-order valence-electron chi connectivity index (χ3n) is 3.44. The quantitative estimate of drug-likeness (QED) is 0.807. The molecule has 17 heavy (non-hydrogen) atoms. The van der Waals surface area contributed by atoms with Crippen LogP contribution in [0.4, 0.5) is 0 Å². The highest BCUT2D eigenvalue weighted by Crippen LogP contribution is 2.44. The van der Waals surface area contributed by atoms with Crippen LogP contribution < -0.4 is 0 Å². The van der Waals surface area contributed by atoms with Crippen molar-refractivity contribution in [2.45, 2.75) is 18.4 Å². The zero-order valence-corrected chi connectivity index (χ0v) is 10.1. The fourth-order valence-electron chi connectivity index (χ4n) is 2.63. The van der Waals surface area contributed by atoms with Gasteiger partial charge in [0.2, 0.25) is 0 Å². The standard InChI is InChI=1S/C15H13ClO/c16-11-6-7-12-14(8-11)13(9-15(12)17)10-4-2-1-3-5-10/h1-8,13,15,17H,9H2/t13-,15+/m0/s1. The third kappa shape index (κ3) is 1.86. The van der Waals surface area contributed by atoms with E-state index in [0.29, 0.717) is 0 Å². The normalized spacial score (nSPS) is 22.5. The van der Waals surface area contributed by atoms with E-state index in [-0.39, 0.29) is 12.0 Å². The molecule has 1 N–H and O–H groups in total. The van der Waals surface area contributed by atoms with Gasteiger partial charge in [0.15, 0.2) is 0 Å². The van der Waals surface area contributed by atoms with Crippen molar-refractivity contribution in [3.63, 3.8) is 0 Å². The first-order valence-corrected chi connectivity index (χ1v) is 6.16. The Kier molecular flexibility index (Phi) is 2.65. The lowest BCUT2D eigenvalue weighted by Gasteiger charge is -2.11. The predicted octanol–water partition coefficient (Wildman–Crippen LogP) is 3.91. The van der Waals surface area contributed by atoms with Gasteiger partial charge in [-0.3, -0.25) is 0 Å². The summed E-state index contributed by atoms with van der Waals surface area (Å²) >= 11 is 6.04. The number of hydrogen-bond acceptors (Lipinski definition) is 1. The molecule has 3 rings (SSSR count). The van der Waals surface area contributed by atoms with Crippen molar-refractivity contribution in [2.24, 2.45) is 0 Å². The smallest absolute Gasteiger partial charge is 0.0802 e. The van der Waals surface area contributed by atoms with Crippen molar-refractivity contribution >= 4 is 11.6 Å². The monoisotopic (exact) mass is 244 g/mol. The summed E-state index contributed by atoms with van der Waals surface area (Å²) in [5, 5.41) is 10.8. The van der Waals surface area contributed by atoms with Crippen molar-refractivity contribution in [2.75, 3.05) is 0 Å². The highest BCUT2D eigenvalue weighted by atomic mass is 35.5. The highest BCUT2D eigenvalue weighted by Gasteiger charge is 2.30. The number of fused-ring (bicyclic) bond motifs is 1. The Morgan fingerprint density at radius 3 is 2.53 bits per heavy atom. The van der Waals surface area contributed by atoms with E-state index in [9.17, 15) is 5.11 Å². The Hall–Kier alpha value is -1.31. The molecule has 0 heterocycles. The van der Waals surface area contributed by atoms with E-state index in [1.807, 2.05) is 36.4 Å². The second-order valence-corrected chi connectivity index (χ2v) is 4.92. The Morgan fingerprint density at radius 1 is 1.00 bits per heavy atom. The van der Waals surface area contributed by atoms with Crippen LogP contribution >= 0.6 is 11.6 Å². The first-order valence-electron chi connectivity index (χ1n) is 5.78. The molecule has 0 aliphatic heterocycles. The molecule has 0 radical (unpaired) electrons. The number of aliphatic hydroxyl groups is 1. The molecule has 0 saturated heterocycles. The number of halogens is 1. The van der Waals surface area contributed by atoms with E-state index in [4.69, 9.17) is 11.6 Å². The van der Waals surface area contributed by atoms with Gasteiger partial charge in [0.05, 0.1) is 6.10 Å². The van der Waals surface area contributed by atoms with Crippen molar-refractivity contribution in [1.29, 1.82) is 0 Å². The largest absolute Gasteiger partial charge is 0.388 e. The summed E-state index contributed by atoms with van der Waals surface area (Å²) in [5.74, 6) is 0.264. The summed E-state index contributed by atoms with van der Waals surface area (Å²) in [6.45, 7) is 0. The van der Waals surface area contributed by atoms with Crippen LogP contribution in [0.15, 0.2) is 48.5 Å². The lowest BCUT2D eigenvalue weighted by Crippen LogP contribution is -1.95. The van der Waals surface area contributed by atoms with E-state index >= 15 is 0 Å². The molecule has 0 aromatic heterocycles. The summed E-state index contributed by atoms with van der Waals surface area (Å²) in [6.07, 6.45) is 0.382. The summed E-state index contributed by atoms with van der Waals surface area (Å²) < 4.78 is 0. The van der Waals surface area contributed by atoms with Gasteiger partial charge in [-0.15, -0.1) is 0 Å². The van der Waals surface area contributed by atoms with Gasteiger partial charge in [-0.2, -0.15) is 0 Å². The zero-order chi connectivity index (χ0) is 11.8. The molecule has 0 unspecified atom stereocenters. The van der Waals surface area contributed by atoms with Crippen LogP contribution in [0.2, 0.25) is 5.02 Å². The van der Waals surface area contributed by atoms with Crippen LogP contribution in [0.3, 0.4) is 0 Å². The minimum Gasteiger partial charge on any atom is -0.388 e. The highest BCUT2D eigenvalue weighted by molar-refractivity contribution is 6.30. The second kappa shape index (κ2) is 4.17. The van der Waals surface area contributed by atoms with Crippen LogP contribution in [0, 0.1) is 0 Å². The summed E-state index contributed by atoms with van der Waals surface area (Å²) in [5.41, 5.74) is 3.42. The third-order valence-corrected chi connectivity index (χ3v) is 3.68. The Morgan fingerprint density at radius 2 is 1.76 bits per heavy atom. The van der Waals surface area contributed by atoms with Gasteiger partial charge in [-0.1, -0.05) is 48.0 Å². The minimum absolute atomic E-state index is 0.264. The van der Waals surface area contributed by atoms with E-state index in [0.717, 1.165) is 22.6 Å². The maximum absolute atomic E-state index is 10.1.